The van der Waals surface area contributed by atoms with Gasteiger partial charge in [0.25, 0.3) is 0 Å². The fourth-order valence-corrected chi connectivity index (χ4v) is 2.73. The van der Waals surface area contributed by atoms with Crippen molar-refractivity contribution in [1.29, 1.82) is 0 Å². The van der Waals surface area contributed by atoms with Gasteiger partial charge in [0, 0.05) is 13.1 Å². The molecule has 0 spiro atoms. The third kappa shape index (κ3) is 5.10. The molecule has 0 atom stereocenters. The lowest BCUT2D eigenvalue weighted by Crippen LogP contribution is -2.15. The first kappa shape index (κ1) is 18.0. The van der Waals surface area contributed by atoms with Crippen LogP contribution >= 0.6 is 0 Å². The minimum Gasteiger partial charge on any atom is -0.481 e. The molecule has 0 saturated heterocycles. The quantitative estimate of drug-likeness (QED) is 0.791. The fourth-order valence-electron chi connectivity index (χ4n) is 2.73. The van der Waals surface area contributed by atoms with Gasteiger partial charge >= 0.3 is 5.97 Å². The van der Waals surface area contributed by atoms with Crippen LogP contribution in [0.25, 0.3) is 0 Å². The zero-order valence-electron chi connectivity index (χ0n) is 14.8. The summed E-state index contributed by atoms with van der Waals surface area (Å²) in [5, 5.41) is 3.46. The molecule has 1 N–H and O–H groups in total. The summed E-state index contributed by atoms with van der Waals surface area (Å²) >= 11 is 0. The van der Waals surface area contributed by atoms with Gasteiger partial charge in [0.2, 0.25) is 0 Å². The van der Waals surface area contributed by atoms with E-state index in [1.54, 1.807) is 0 Å². The fraction of sp³-hybridized carbons (Fsp3) is 0.350. The summed E-state index contributed by atoms with van der Waals surface area (Å²) in [5.41, 5.74) is 5.79. The standard InChI is InChI=1S/C20H25NO3/c1-14-6-5-7-17(8-14)11-21-12-18-9-15(2)20(16(3)10-18)24-13-19(22)23-4/h5-10,21H,11-13H2,1-4H3. The largest absolute Gasteiger partial charge is 0.481 e. The molecule has 0 unspecified atom stereocenters. The van der Waals surface area contributed by atoms with Crippen LogP contribution in [0.4, 0.5) is 0 Å². The number of aryl methyl sites for hydroxylation is 3. The molecule has 0 bridgehead atoms. The maximum Gasteiger partial charge on any atom is 0.343 e. The van der Waals surface area contributed by atoms with Gasteiger partial charge in [-0.05, 0) is 43.0 Å². The van der Waals surface area contributed by atoms with Crippen LogP contribution in [0.2, 0.25) is 0 Å². The van der Waals surface area contributed by atoms with E-state index in [9.17, 15) is 4.79 Å². The van der Waals surface area contributed by atoms with E-state index < -0.39 is 0 Å². The highest BCUT2D eigenvalue weighted by Gasteiger charge is 2.09. The van der Waals surface area contributed by atoms with Crippen molar-refractivity contribution in [2.75, 3.05) is 13.7 Å². The van der Waals surface area contributed by atoms with Crippen LogP contribution in [0, 0.1) is 20.8 Å². The van der Waals surface area contributed by atoms with Crippen LogP contribution in [-0.2, 0) is 22.6 Å². The molecule has 0 aliphatic rings. The van der Waals surface area contributed by atoms with Gasteiger partial charge in [-0.2, -0.15) is 0 Å². The van der Waals surface area contributed by atoms with Gasteiger partial charge in [-0.25, -0.2) is 4.79 Å². The highest BCUT2D eigenvalue weighted by atomic mass is 16.6. The van der Waals surface area contributed by atoms with Gasteiger partial charge in [0.1, 0.15) is 5.75 Å². The zero-order chi connectivity index (χ0) is 17.5. The molecule has 0 fully saturated rings. The van der Waals surface area contributed by atoms with Gasteiger partial charge in [-0.1, -0.05) is 42.0 Å². The Hall–Kier alpha value is -2.33. The molecule has 0 heterocycles. The predicted octanol–water partition coefficient (Wildman–Crippen LogP) is 3.45. The van der Waals surface area contributed by atoms with Gasteiger partial charge in [0.15, 0.2) is 6.61 Å². The van der Waals surface area contributed by atoms with Crippen molar-refractivity contribution in [3.8, 4) is 5.75 Å². The number of rotatable bonds is 7. The van der Waals surface area contributed by atoms with E-state index in [0.717, 1.165) is 30.0 Å². The molecule has 0 aliphatic heterocycles. The number of hydrogen-bond donors (Lipinski definition) is 1. The Morgan fingerprint density at radius 3 is 2.29 bits per heavy atom. The monoisotopic (exact) mass is 327 g/mol. The summed E-state index contributed by atoms with van der Waals surface area (Å²) in [5.74, 6) is 0.375. The van der Waals surface area contributed by atoms with Crippen molar-refractivity contribution in [2.24, 2.45) is 0 Å². The third-order valence-electron chi connectivity index (χ3n) is 3.82. The van der Waals surface area contributed by atoms with Crippen molar-refractivity contribution >= 4 is 5.97 Å². The molecule has 24 heavy (non-hydrogen) atoms. The van der Waals surface area contributed by atoms with Crippen molar-refractivity contribution in [1.82, 2.24) is 5.32 Å². The Labute approximate surface area is 143 Å². The van der Waals surface area contributed by atoms with Crippen molar-refractivity contribution in [3.05, 3.63) is 64.2 Å². The number of nitrogens with one attached hydrogen (secondary N) is 1. The van der Waals surface area contributed by atoms with Crippen molar-refractivity contribution < 1.29 is 14.3 Å². The van der Waals surface area contributed by atoms with E-state index in [1.807, 2.05) is 13.8 Å². The lowest BCUT2D eigenvalue weighted by atomic mass is 10.1. The first-order valence-electron chi connectivity index (χ1n) is 8.05. The van der Waals surface area contributed by atoms with E-state index >= 15 is 0 Å². The molecule has 0 amide bonds. The van der Waals surface area contributed by atoms with Gasteiger partial charge in [0.05, 0.1) is 7.11 Å². The molecule has 0 aliphatic carbocycles. The molecule has 4 heteroatoms. The summed E-state index contributed by atoms with van der Waals surface area (Å²) in [6.45, 7) is 7.63. The van der Waals surface area contributed by atoms with E-state index in [-0.39, 0.29) is 12.6 Å². The number of benzene rings is 2. The van der Waals surface area contributed by atoms with E-state index in [4.69, 9.17) is 4.74 Å². The van der Waals surface area contributed by atoms with Crippen LogP contribution in [0.5, 0.6) is 5.75 Å². The number of carbonyl (C=O) groups is 1. The maximum absolute atomic E-state index is 11.2. The second-order valence-electron chi connectivity index (χ2n) is 6.02. The number of ether oxygens (including phenoxy) is 2. The lowest BCUT2D eigenvalue weighted by Gasteiger charge is -2.14. The van der Waals surface area contributed by atoms with E-state index in [1.165, 1.54) is 23.8 Å². The minimum absolute atomic E-state index is 0.0663. The van der Waals surface area contributed by atoms with E-state index in [2.05, 4.69) is 53.4 Å². The van der Waals surface area contributed by atoms with Crippen LogP contribution < -0.4 is 10.1 Å². The van der Waals surface area contributed by atoms with Crippen LogP contribution in [0.1, 0.15) is 27.8 Å². The predicted molar refractivity (Wildman–Crippen MR) is 95.1 cm³/mol. The summed E-state index contributed by atoms with van der Waals surface area (Å²) in [6, 6.07) is 12.7. The third-order valence-corrected chi connectivity index (χ3v) is 3.82. The lowest BCUT2D eigenvalue weighted by molar-refractivity contribution is -0.142. The Kier molecular flexibility index (Phi) is 6.38. The Morgan fingerprint density at radius 1 is 1.00 bits per heavy atom. The SMILES string of the molecule is COC(=O)COc1c(C)cc(CNCc2cccc(C)c2)cc1C. The number of carbonyl (C=O) groups excluding carboxylic acids is 1. The molecule has 4 nitrogen and oxygen atoms in total. The molecule has 2 rings (SSSR count). The number of methoxy groups -OCH3 is 1. The molecule has 0 aromatic heterocycles. The molecular formula is C20H25NO3. The second kappa shape index (κ2) is 8.50. The maximum atomic E-state index is 11.2. The Morgan fingerprint density at radius 2 is 1.67 bits per heavy atom. The van der Waals surface area contributed by atoms with Gasteiger partial charge < -0.3 is 14.8 Å². The summed E-state index contributed by atoms with van der Waals surface area (Å²) in [4.78, 5) is 11.2. The topological polar surface area (TPSA) is 47.6 Å². The van der Waals surface area contributed by atoms with Crippen LogP contribution in [-0.4, -0.2) is 19.7 Å². The second-order valence-corrected chi connectivity index (χ2v) is 6.02. The minimum atomic E-state index is -0.377. The van der Waals surface area contributed by atoms with Crippen molar-refractivity contribution in [2.45, 2.75) is 33.9 Å². The van der Waals surface area contributed by atoms with Gasteiger partial charge in [-0.15, -0.1) is 0 Å². The molecular weight excluding hydrogens is 302 g/mol. The summed E-state index contributed by atoms with van der Waals surface area (Å²) in [7, 11) is 1.36. The number of hydrogen-bond acceptors (Lipinski definition) is 4. The van der Waals surface area contributed by atoms with Crippen LogP contribution in [0.3, 0.4) is 0 Å². The molecule has 2 aromatic carbocycles. The Balaban J connectivity index is 1.95. The highest BCUT2D eigenvalue weighted by Crippen LogP contribution is 2.25. The van der Waals surface area contributed by atoms with Crippen molar-refractivity contribution in [3.63, 3.8) is 0 Å². The molecule has 2 aromatic rings. The van der Waals surface area contributed by atoms with Gasteiger partial charge in [-0.3, -0.25) is 0 Å². The summed E-state index contributed by atoms with van der Waals surface area (Å²) < 4.78 is 10.2. The smallest absolute Gasteiger partial charge is 0.343 e. The normalized spacial score (nSPS) is 10.5. The highest BCUT2D eigenvalue weighted by molar-refractivity contribution is 5.71. The summed E-state index contributed by atoms with van der Waals surface area (Å²) in [6.07, 6.45) is 0. The first-order chi connectivity index (χ1) is 11.5. The van der Waals surface area contributed by atoms with Crippen LogP contribution in [0.15, 0.2) is 36.4 Å². The van der Waals surface area contributed by atoms with E-state index in [0.29, 0.717) is 0 Å². The number of esters is 1. The zero-order valence-corrected chi connectivity index (χ0v) is 14.8. The first-order valence-corrected chi connectivity index (χ1v) is 8.05. The molecule has 128 valence electrons. The average molecular weight is 327 g/mol. The Bertz CT molecular complexity index is 687. The average Bonchev–Trinajstić information content (AvgIpc) is 2.54. The molecule has 0 saturated carbocycles. The molecule has 0 radical (unpaired) electrons.